The van der Waals surface area contributed by atoms with Crippen LogP contribution in [-0.4, -0.2) is 30.2 Å². The Kier molecular flexibility index (Phi) is 7.10. The number of ether oxygens (including phenoxy) is 2. The van der Waals surface area contributed by atoms with E-state index in [0.29, 0.717) is 44.1 Å². The molecular weight excluding hydrogens is 322 g/mol. The van der Waals surface area contributed by atoms with E-state index in [4.69, 9.17) is 9.47 Å². The van der Waals surface area contributed by atoms with Gasteiger partial charge in [-0.1, -0.05) is 18.9 Å². The van der Waals surface area contributed by atoms with E-state index >= 15 is 0 Å². The van der Waals surface area contributed by atoms with Crippen molar-refractivity contribution in [1.82, 2.24) is 5.32 Å². The number of carboxylic acid groups (broad SMARTS) is 1. The Morgan fingerprint density at radius 1 is 1.08 bits per heavy atom. The van der Waals surface area contributed by atoms with Crippen LogP contribution in [0, 0.1) is 11.8 Å². The van der Waals surface area contributed by atoms with Gasteiger partial charge in [0.1, 0.15) is 0 Å². The average molecular weight is 349 g/mol. The van der Waals surface area contributed by atoms with Gasteiger partial charge in [-0.3, -0.25) is 9.59 Å². The van der Waals surface area contributed by atoms with Crippen LogP contribution in [0.15, 0.2) is 18.2 Å². The van der Waals surface area contributed by atoms with Crippen LogP contribution < -0.4 is 14.8 Å². The smallest absolute Gasteiger partial charge is 0.307 e. The molecule has 0 saturated heterocycles. The molecule has 0 bridgehead atoms. The van der Waals surface area contributed by atoms with Crippen LogP contribution in [0.4, 0.5) is 0 Å². The molecule has 1 aliphatic carbocycles. The van der Waals surface area contributed by atoms with Crippen molar-refractivity contribution in [2.45, 2.75) is 46.1 Å². The van der Waals surface area contributed by atoms with E-state index in [2.05, 4.69) is 5.32 Å². The van der Waals surface area contributed by atoms with Crippen molar-refractivity contribution in [3.8, 4) is 11.5 Å². The number of benzene rings is 1. The zero-order chi connectivity index (χ0) is 18.2. The molecule has 6 heteroatoms. The summed E-state index contributed by atoms with van der Waals surface area (Å²) in [5.41, 5.74) is 0.892. The van der Waals surface area contributed by atoms with Crippen LogP contribution in [0.1, 0.15) is 45.1 Å². The third-order valence-corrected chi connectivity index (χ3v) is 4.49. The van der Waals surface area contributed by atoms with Gasteiger partial charge >= 0.3 is 5.97 Å². The molecule has 1 aromatic carbocycles. The molecule has 2 rings (SSSR count). The zero-order valence-corrected chi connectivity index (χ0v) is 14.9. The van der Waals surface area contributed by atoms with E-state index in [0.717, 1.165) is 18.4 Å². The summed E-state index contributed by atoms with van der Waals surface area (Å²) in [5.74, 6) is -0.748. The number of nitrogens with one attached hydrogen (secondary N) is 1. The summed E-state index contributed by atoms with van der Waals surface area (Å²) in [6, 6.07) is 5.56. The highest BCUT2D eigenvalue weighted by atomic mass is 16.5. The molecule has 2 unspecified atom stereocenters. The highest BCUT2D eigenvalue weighted by molar-refractivity contribution is 5.84. The highest BCUT2D eigenvalue weighted by Gasteiger charge is 2.35. The summed E-state index contributed by atoms with van der Waals surface area (Å²) >= 11 is 0. The molecular formula is C19H27NO5. The van der Waals surface area contributed by atoms with Gasteiger partial charge in [-0.05, 0) is 44.4 Å². The van der Waals surface area contributed by atoms with Crippen LogP contribution in [0.3, 0.4) is 0 Å². The Labute approximate surface area is 148 Å². The van der Waals surface area contributed by atoms with Crippen molar-refractivity contribution < 1.29 is 24.2 Å². The molecule has 2 atom stereocenters. The van der Waals surface area contributed by atoms with Crippen molar-refractivity contribution in [2.75, 3.05) is 13.2 Å². The Bertz CT molecular complexity index is 601. The van der Waals surface area contributed by atoms with E-state index in [1.807, 2.05) is 32.0 Å². The van der Waals surface area contributed by atoms with E-state index in [9.17, 15) is 14.7 Å². The normalized spacial score (nSPS) is 19.9. The number of carboxylic acids is 1. The summed E-state index contributed by atoms with van der Waals surface area (Å²) < 4.78 is 11.1. The molecule has 25 heavy (non-hydrogen) atoms. The van der Waals surface area contributed by atoms with Crippen LogP contribution in [0.25, 0.3) is 0 Å². The second kappa shape index (κ2) is 9.30. The van der Waals surface area contributed by atoms with Crippen molar-refractivity contribution in [2.24, 2.45) is 11.8 Å². The van der Waals surface area contributed by atoms with Crippen molar-refractivity contribution in [3.63, 3.8) is 0 Å². The zero-order valence-electron chi connectivity index (χ0n) is 14.9. The Morgan fingerprint density at radius 2 is 1.72 bits per heavy atom. The molecule has 1 aromatic rings. The number of rotatable bonds is 8. The van der Waals surface area contributed by atoms with E-state index < -0.39 is 17.8 Å². The number of hydrogen-bond acceptors (Lipinski definition) is 4. The molecule has 2 N–H and O–H groups in total. The van der Waals surface area contributed by atoms with Crippen molar-refractivity contribution in [1.29, 1.82) is 0 Å². The van der Waals surface area contributed by atoms with Gasteiger partial charge in [0, 0.05) is 6.54 Å². The summed E-state index contributed by atoms with van der Waals surface area (Å²) in [4.78, 5) is 23.8. The first-order chi connectivity index (χ1) is 12.1. The minimum absolute atomic E-state index is 0.182. The highest BCUT2D eigenvalue weighted by Crippen LogP contribution is 2.31. The van der Waals surface area contributed by atoms with E-state index in [1.165, 1.54) is 0 Å². The predicted molar refractivity (Wildman–Crippen MR) is 93.7 cm³/mol. The lowest BCUT2D eigenvalue weighted by Crippen LogP contribution is -2.39. The lowest BCUT2D eigenvalue weighted by atomic mass is 9.78. The fourth-order valence-corrected chi connectivity index (χ4v) is 3.27. The third kappa shape index (κ3) is 5.11. The molecule has 1 fully saturated rings. The SMILES string of the molecule is CCOc1ccc(CNC(=O)C2CCCCC2C(=O)O)cc1OCC. The number of carbonyl (C=O) groups excluding carboxylic acids is 1. The van der Waals surface area contributed by atoms with Crippen LogP contribution in [-0.2, 0) is 16.1 Å². The maximum absolute atomic E-state index is 12.4. The standard InChI is InChI=1S/C19H27NO5/c1-3-24-16-10-9-13(11-17(16)25-4-2)12-20-18(21)14-7-5-6-8-15(14)19(22)23/h9-11,14-15H,3-8,12H2,1-2H3,(H,20,21)(H,22,23). The molecule has 0 aliphatic heterocycles. The lowest BCUT2D eigenvalue weighted by Gasteiger charge is -2.27. The third-order valence-electron chi connectivity index (χ3n) is 4.49. The van der Waals surface area contributed by atoms with Gasteiger partial charge < -0.3 is 19.9 Å². The monoisotopic (exact) mass is 349 g/mol. The lowest BCUT2D eigenvalue weighted by molar-refractivity contribution is -0.148. The van der Waals surface area contributed by atoms with E-state index in [-0.39, 0.29) is 5.91 Å². The quantitative estimate of drug-likeness (QED) is 0.754. The van der Waals surface area contributed by atoms with Gasteiger partial charge in [0.05, 0.1) is 25.0 Å². The second-order valence-corrected chi connectivity index (χ2v) is 6.20. The summed E-state index contributed by atoms with van der Waals surface area (Å²) in [7, 11) is 0. The van der Waals surface area contributed by atoms with E-state index in [1.54, 1.807) is 0 Å². The maximum Gasteiger partial charge on any atom is 0.307 e. The summed E-state index contributed by atoms with van der Waals surface area (Å²) in [6.07, 6.45) is 2.98. The minimum atomic E-state index is -0.875. The van der Waals surface area contributed by atoms with Gasteiger partial charge in [0.2, 0.25) is 5.91 Å². The number of carbonyl (C=O) groups is 2. The van der Waals surface area contributed by atoms with Crippen molar-refractivity contribution >= 4 is 11.9 Å². The Hall–Kier alpha value is -2.24. The van der Waals surface area contributed by atoms with Gasteiger partial charge in [-0.25, -0.2) is 0 Å². The molecule has 138 valence electrons. The van der Waals surface area contributed by atoms with Crippen LogP contribution >= 0.6 is 0 Å². The van der Waals surface area contributed by atoms with Gasteiger partial charge in [0.15, 0.2) is 11.5 Å². The minimum Gasteiger partial charge on any atom is -0.490 e. The summed E-state index contributed by atoms with van der Waals surface area (Å²) in [5, 5.41) is 12.2. The molecule has 0 radical (unpaired) electrons. The van der Waals surface area contributed by atoms with Gasteiger partial charge in [0.25, 0.3) is 0 Å². The molecule has 6 nitrogen and oxygen atoms in total. The summed E-state index contributed by atoms with van der Waals surface area (Å²) in [6.45, 7) is 5.23. The first-order valence-corrected chi connectivity index (χ1v) is 8.95. The topological polar surface area (TPSA) is 84.9 Å². The van der Waals surface area contributed by atoms with Crippen LogP contribution in [0.5, 0.6) is 11.5 Å². The predicted octanol–water partition coefficient (Wildman–Crippen LogP) is 2.99. The maximum atomic E-state index is 12.4. The molecule has 0 heterocycles. The largest absolute Gasteiger partial charge is 0.490 e. The molecule has 0 aromatic heterocycles. The first-order valence-electron chi connectivity index (χ1n) is 8.95. The molecule has 1 saturated carbocycles. The van der Waals surface area contributed by atoms with Crippen molar-refractivity contribution in [3.05, 3.63) is 23.8 Å². The molecule has 1 aliphatic rings. The Morgan fingerprint density at radius 3 is 2.36 bits per heavy atom. The Balaban J connectivity index is 2.01. The second-order valence-electron chi connectivity index (χ2n) is 6.20. The van der Waals surface area contributed by atoms with Gasteiger partial charge in [-0.2, -0.15) is 0 Å². The fourth-order valence-electron chi connectivity index (χ4n) is 3.27. The fraction of sp³-hybridized carbons (Fsp3) is 0.579. The van der Waals surface area contributed by atoms with Crippen LogP contribution in [0.2, 0.25) is 0 Å². The molecule has 1 amide bonds. The first kappa shape index (κ1) is 19.1. The average Bonchev–Trinajstić information content (AvgIpc) is 2.62. The number of amides is 1. The molecule has 0 spiro atoms. The van der Waals surface area contributed by atoms with Gasteiger partial charge in [-0.15, -0.1) is 0 Å². The number of hydrogen-bond donors (Lipinski definition) is 2. The number of aliphatic carboxylic acids is 1.